The number of nitrogens with one attached hydrogen (secondary N) is 1. The molecule has 0 bridgehead atoms. The van der Waals surface area contributed by atoms with Gasteiger partial charge in [-0.25, -0.2) is 0 Å². The van der Waals surface area contributed by atoms with Crippen molar-refractivity contribution in [1.82, 2.24) is 5.32 Å². The standard InChI is InChI=1S/C17H25NO3/c1-12(2)9-14(19)11-18-17(20)10-16-15-6-4-3-5-13(15)7-8-21-16/h3-6,12,14,16,19H,7-11H2,1-2H3,(H,18,20). The summed E-state index contributed by atoms with van der Waals surface area (Å²) >= 11 is 0. The van der Waals surface area contributed by atoms with E-state index in [0.717, 1.165) is 12.0 Å². The largest absolute Gasteiger partial charge is 0.391 e. The maximum atomic E-state index is 12.0. The minimum absolute atomic E-state index is 0.0699. The van der Waals surface area contributed by atoms with Crippen molar-refractivity contribution in [3.8, 4) is 0 Å². The van der Waals surface area contributed by atoms with Gasteiger partial charge in [-0.3, -0.25) is 4.79 Å². The summed E-state index contributed by atoms with van der Waals surface area (Å²) in [6.45, 7) is 5.08. The fourth-order valence-corrected chi connectivity index (χ4v) is 2.75. The molecule has 0 radical (unpaired) electrons. The van der Waals surface area contributed by atoms with Gasteiger partial charge in [0, 0.05) is 6.54 Å². The second kappa shape index (κ2) is 7.57. The number of fused-ring (bicyclic) bond motifs is 1. The SMILES string of the molecule is CC(C)CC(O)CNC(=O)CC1OCCc2ccccc21. The Hall–Kier alpha value is -1.39. The number of aliphatic hydroxyl groups excluding tert-OH is 1. The fourth-order valence-electron chi connectivity index (χ4n) is 2.75. The van der Waals surface area contributed by atoms with Gasteiger partial charge in [-0.1, -0.05) is 38.1 Å². The number of carbonyl (C=O) groups is 1. The van der Waals surface area contributed by atoms with Crippen LogP contribution in [0.15, 0.2) is 24.3 Å². The smallest absolute Gasteiger partial charge is 0.223 e. The summed E-state index contributed by atoms with van der Waals surface area (Å²) < 4.78 is 5.72. The van der Waals surface area contributed by atoms with Crippen LogP contribution in [0.5, 0.6) is 0 Å². The van der Waals surface area contributed by atoms with E-state index in [0.29, 0.717) is 31.9 Å². The first-order chi connectivity index (χ1) is 10.1. The zero-order chi connectivity index (χ0) is 15.2. The molecule has 116 valence electrons. The van der Waals surface area contributed by atoms with Gasteiger partial charge in [0.25, 0.3) is 0 Å². The Labute approximate surface area is 126 Å². The predicted molar refractivity (Wildman–Crippen MR) is 81.9 cm³/mol. The molecule has 21 heavy (non-hydrogen) atoms. The first-order valence-electron chi connectivity index (χ1n) is 7.70. The average molecular weight is 291 g/mol. The maximum absolute atomic E-state index is 12.0. The van der Waals surface area contributed by atoms with E-state index >= 15 is 0 Å². The van der Waals surface area contributed by atoms with Crippen LogP contribution < -0.4 is 5.32 Å². The Morgan fingerprint density at radius 1 is 1.43 bits per heavy atom. The molecule has 2 rings (SSSR count). The Morgan fingerprint density at radius 2 is 2.19 bits per heavy atom. The molecule has 2 atom stereocenters. The van der Waals surface area contributed by atoms with Gasteiger partial charge in [-0.05, 0) is 29.9 Å². The third kappa shape index (κ3) is 4.83. The summed E-state index contributed by atoms with van der Waals surface area (Å²) in [6, 6.07) is 8.11. The molecule has 0 fully saturated rings. The molecule has 0 saturated carbocycles. The van der Waals surface area contributed by atoms with Crippen molar-refractivity contribution in [3.63, 3.8) is 0 Å². The van der Waals surface area contributed by atoms with Gasteiger partial charge in [0.05, 0.1) is 25.2 Å². The monoisotopic (exact) mass is 291 g/mol. The molecule has 1 aliphatic heterocycles. The van der Waals surface area contributed by atoms with Crippen molar-refractivity contribution < 1.29 is 14.6 Å². The highest BCUT2D eigenvalue weighted by Gasteiger charge is 2.23. The molecular formula is C17H25NO3. The molecule has 1 aliphatic rings. The zero-order valence-electron chi connectivity index (χ0n) is 12.8. The van der Waals surface area contributed by atoms with Crippen molar-refractivity contribution in [2.75, 3.05) is 13.2 Å². The number of ether oxygens (including phenoxy) is 1. The molecule has 0 saturated heterocycles. The summed E-state index contributed by atoms with van der Waals surface area (Å²) in [5.74, 6) is 0.352. The van der Waals surface area contributed by atoms with E-state index < -0.39 is 6.10 Å². The lowest BCUT2D eigenvalue weighted by Crippen LogP contribution is -2.34. The van der Waals surface area contributed by atoms with Crippen LogP contribution in [0.2, 0.25) is 0 Å². The number of rotatable bonds is 6. The molecule has 4 heteroatoms. The highest BCUT2D eigenvalue weighted by molar-refractivity contribution is 5.76. The van der Waals surface area contributed by atoms with E-state index in [4.69, 9.17) is 4.74 Å². The Balaban J connectivity index is 1.84. The van der Waals surface area contributed by atoms with Gasteiger partial charge in [0.1, 0.15) is 0 Å². The molecule has 1 aromatic carbocycles. The van der Waals surface area contributed by atoms with Crippen molar-refractivity contribution >= 4 is 5.91 Å². The number of amides is 1. The lowest BCUT2D eigenvalue weighted by molar-refractivity contribution is -0.124. The van der Waals surface area contributed by atoms with Gasteiger partial charge in [0.15, 0.2) is 0 Å². The molecule has 0 spiro atoms. The number of carbonyl (C=O) groups excluding carboxylic acids is 1. The van der Waals surface area contributed by atoms with Crippen molar-refractivity contribution in [3.05, 3.63) is 35.4 Å². The van der Waals surface area contributed by atoms with E-state index in [9.17, 15) is 9.90 Å². The molecule has 0 aromatic heterocycles. The molecule has 4 nitrogen and oxygen atoms in total. The van der Waals surface area contributed by atoms with Gasteiger partial charge in [-0.15, -0.1) is 0 Å². The normalized spacial score (nSPS) is 19.1. The van der Waals surface area contributed by atoms with Crippen molar-refractivity contribution in [1.29, 1.82) is 0 Å². The Bertz CT molecular complexity index is 473. The van der Waals surface area contributed by atoms with Crippen LogP contribution in [0.25, 0.3) is 0 Å². The number of hydrogen-bond acceptors (Lipinski definition) is 3. The van der Waals surface area contributed by atoms with Crippen LogP contribution in [-0.4, -0.2) is 30.3 Å². The highest BCUT2D eigenvalue weighted by atomic mass is 16.5. The zero-order valence-corrected chi connectivity index (χ0v) is 12.8. The first kappa shape index (κ1) is 16.0. The van der Waals surface area contributed by atoms with Gasteiger partial charge in [0.2, 0.25) is 5.91 Å². The van der Waals surface area contributed by atoms with Crippen LogP contribution in [0.4, 0.5) is 0 Å². The lowest BCUT2D eigenvalue weighted by atomic mass is 9.95. The second-order valence-electron chi connectivity index (χ2n) is 6.10. The highest BCUT2D eigenvalue weighted by Crippen LogP contribution is 2.29. The fraction of sp³-hybridized carbons (Fsp3) is 0.588. The van der Waals surface area contributed by atoms with E-state index in [1.807, 2.05) is 18.2 Å². The molecule has 1 aromatic rings. The summed E-state index contributed by atoms with van der Waals surface area (Å²) in [7, 11) is 0. The first-order valence-corrected chi connectivity index (χ1v) is 7.70. The quantitative estimate of drug-likeness (QED) is 0.845. The van der Waals surface area contributed by atoms with Crippen LogP contribution >= 0.6 is 0 Å². The Kier molecular flexibility index (Phi) is 5.76. The summed E-state index contributed by atoms with van der Waals surface area (Å²) in [4.78, 5) is 12.0. The van der Waals surface area contributed by atoms with Gasteiger partial charge >= 0.3 is 0 Å². The van der Waals surface area contributed by atoms with Crippen LogP contribution in [-0.2, 0) is 16.0 Å². The van der Waals surface area contributed by atoms with Gasteiger partial charge in [-0.2, -0.15) is 0 Å². The second-order valence-corrected chi connectivity index (χ2v) is 6.10. The van der Waals surface area contributed by atoms with Crippen LogP contribution in [0, 0.1) is 5.92 Å². The number of benzene rings is 1. The molecular weight excluding hydrogens is 266 g/mol. The van der Waals surface area contributed by atoms with E-state index in [-0.39, 0.29) is 12.0 Å². The molecule has 2 unspecified atom stereocenters. The van der Waals surface area contributed by atoms with Crippen molar-refractivity contribution in [2.24, 2.45) is 5.92 Å². The maximum Gasteiger partial charge on any atom is 0.223 e. The predicted octanol–water partition coefficient (Wildman–Crippen LogP) is 2.21. The van der Waals surface area contributed by atoms with E-state index in [2.05, 4.69) is 25.2 Å². The Morgan fingerprint density at radius 3 is 2.95 bits per heavy atom. The van der Waals surface area contributed by atoms with Crippen LogP contribution in [0.3, 0.4) is 0 Å². The molecule has 1 heterocycles. The molecule has 2 N–H and O–H groups in total. The third-order valence-electron chi connectivity index (χ3n) is 3.74. The lowest BCUT2D eigenvalue weighted by Gasteiger charge is -2.25. The van der Waals surface area contributed by atoms with E-state index in [1.54, 1.807) is 0 Å². The van der Waals surface area contributed by atoms with E-state index in [1.165, 1.54) is 5.56 Å². The third-order valence-corrected chi connectivity index (χ3v) is 3.74. The molecule has 0 aliphatic carbocycles. The summed E-state index contributed by atoms with van der Waals surface area (Å²) in [5, 5.41) is 12.6. The number of aliphatic hydroxyl groups is 1. The molecule has 1 amide bonds. The minimum atomic E-state index is -0.478. The summed E-state index contributed by atoms with van der Waals surface area (Å²) in [5.41, 5.74) is 2.38. The van der Waals surface area contributed by atoms with Gasteiger partial charge < -0.3 is 15.2 Å². The van der Waals surface area contributed by atoms with Crippen LogP contribution in [0.1, 0.15) is 43.9 Å². The average Bonchev–Trinajstić information content (AvgIpc) is 2.45. The number of hydrogen-bond donors (Lipinski definition) is 2. The summed E-state index contributed by atoms with van der Waals surface area (Å²) in [6.07, 6.45) is 1.27. The minimum Gasteiger partial charge on any atom is -0.391 e. The van der Waals surface area contributed by atoms with Crippen molar-refractivity contribution in [2.45, 2.75) is 45.3 Å². The topological polar surface area (TPSA) is 58.6 Å².